The van der Waals surface area contributed by atoms with Crippen LogP contribution < -0.4 is 4.74 Å². The SMILES string of the molecule is CCOC(=O)C1CCN(S(=O)(=O)[C@H]2CON(C)[C@H]2c2cccc(Oc3ccccc3)c2)CC1. The summed E-state index contributed by atoms with van der Waals surface area (Å²) in [5.41, 5.74) is 0.804. The van der Waals surface area contributed by atoms with Crippen LogP contribution in [0.15, 0.2) is 54.6 Å². The summed E-state index contributed by atoms with van der Waals surface area (Å²) in [7, 11) is -1.90. The van der Waals surface area contributed by atoms with Crippen LogP contribution in [-0.4, -0.2) is 62.4 Å². The van der Waals surface area contributed by atoms with Gasteiger partial charge in [0.05, 0.1) is 25.2 Å². The summed E-state index contributed by atoms with van der Waals surface area (Å²) in [5, 5.41) is 0.850. The van der Waals surface area contributed by atoms with Gasteiger partial charge in [0.2, 0.25) is 10.0 Å². The van der Waals surface area contributed by atoms with Crippen molar-refractivity contribution in [2.75, 3.05) is 33.4 Å². The smallest absolute Gasteiger partial charge is 0.309 e. The molecule has 2 heterocycles. The average Bonchev–Trinajstić information content (AvgIpc) is 3.22. The molecule has 8 nitrogen and oxygen atoms in total. The third-order valence-corrected chi connectivity index (χ3v) is 8.43. The largest absolute Gasteiger partial charge is 0.466 e. The van der Waals surface area contributed by atoms with E-state index in [1.54, 1.807) is 19.0 Å². The molecule has 0 aliphatic carbocycles. The van der Waals surface area contributed by atoms with Gasteiger partial charge < -0.3 is 9.47 Å². The Morgan fingerprint density at radius 3 is 2.45 bits per heavy atom. The zero-order valence-electron chi connectivity index (χ0n) is 18.9. The first-order valence-electron chi connectivity index (χ1n) is 11.2. The topological polar surface area (TPSA) is 85.4 Å². The Morgan fingerprint density at radius 2 is 1.76 bits per heavy atom. The molecule has 0 N–H and O–H groups in total. The molecule has 2 aliphatic rings. The van der Waals surface area contributed by atoms with Crippen LogP contribution in [0.3, 0.4) is 0 Å². The molecule has 2 aromatic rings. The van der Waals surface area contributed by atoms with Crippen molar-refractivity contribution in [3.63, 3.8) is 0 Å². The van der Waals surface area contributed by atoms with E-state index < -0.39 is 21.3 Å². The van der Waals surface area contributed by atoms with Gasteiger partial charge in [0, 0.05) is 20.1 Å². The summed E-state index contributed by atoms with van der Waals surface area (Å²) in [6.07, 6.45) is 0.930. The fraction of sp³-hybridized carbons (Fsp3) is 0.458. The minimum Gasteiger partial charge on any atom is -0.466 e. The molecule has 0 unspecified atom stereocenters. The Hall–Kier alpha value is -2.46. The highest BCUT2D eigenvalue weighted by molar-refractivity contribution is 7.89. The number of hydrogen-bond donors (Lipinski definition) is 0. The molecule has 178 valence electrons. The minimum atomic E-state index is -3.65. The molecule has 0 saturated carbocycles. The number of sulfonamides is 1. The first-order chi connectivity index (χ1) is 15.9. The fourth-order valence-corrected chi connectivity index (χ4v) is 6.44. The minimum absolute atomic E-state index is 0.0745. The number of hydroxylamine groups is 2. The molecule has 2 fully saturated rings. The number of hydrogen-bond acceptors (Lipinski definition) is 7. The Balaban J connectivity index is 1.50. The van der Waals surface area contributed by atoms with E-state index in [1.165, 1.54) is 4.31 Å². The predicted octanol–water partition coefficient (Wildman–Crippen LogP) is 3.37. The van der Waals surface area contributed by atoms with Crippen molar-refractivity contribution < 1.29 is 27.5 Å². The highest BCUT2D eigenvalue weighted by Gasteiger charge is 2.46. The second-order valence-corrected chi connectivity index (χ2v) is 10.4. The van der Waals surface area contributed by atoms with Crippen molar-refractivity contribution in [1.82, 2.24) is 9.37 Å². The van der Waals surface area contributed by atoms with E-state index in [0.717, 1.165) is 5.56 Å². The van der Waals surface area contributed by atoms with Crippen molar-refractivity contribution >= 4 is 16.0 Å². The molecule has 2 aromatic carbocycles. The molecule has 9 heteroatoms. The summed E-state index contributed by atoms with van der Waals surface area (Å²) in [4.78, 5) is 17.7. The van der Waals surface area contributed by atoms with E-state index in [9.17, 15) is 13.2 Å². The van der Waals surface area contributed by atoms with Gasteiger partial charge in [0.1, 0.15) is 16.7 Å². The van der Waals surface area contributed by atoms with Crippen molar-refractivity contribution in [1.29, 1.82) is 0 Å². The van der Waals surface area contributed by atoms with Crippen LogP contribution in [0.5, 0.6) is 11.5 Å². The Labute approximate surface area is 195 Å². The van der Waals surface area contributed by atoms with Gasteiger partial charge in [-0.25, -0.2) is 12.7 Å². The molecule has 4 rings (SSSR count). The number of rotatable bonds is 7. The number of para-hydroxylation sites is 1. The standard InChI is InChI=1S/C24H30N2O6S/c1-3-30-24(27)18-12-14-26(15-13-18)33(28,29)22-17-31-25(2)23(22)19-8-7-11-21(16-19)32-20-9-5-4-6-10-20/h4-11,16,18,22-23H,3,12-15,17H2,1-2H3/t22-,23-/m0/s1. The van der Waals surface area contributed by atoms with Crippen molar-refractivity contribution in [3.05, 3.63) is 60.2 Å². The zero-order valence-corrected chi connectivity index (χ0v) is 19.7. The van der Waals surface area contributed by atoms with E-state index in [1.807, 2.05) is 54.6 Å². The summed E-state index contributed by atoms with van der Waals surface area (Å²) in [6, 6.07) is 16.4. The molecular weight excluding hydrogens is 444 g/mol. The summed E-state index contributed by atoms with van der Waals surface area (Å²) in [6.45, 7) is 2.78. The lowest BCUT2D eigenvalue weighted by molar-refractivity contribution is -0.149. The van der Waals surface area contributed by atoms with Crippen LogP contribution in [0.2, 0.25) is 0 Å². The fourth-order valence-electron chi connectivity index (χ4n) is 4.45. The number of benzene rings is 2. The van der Waals surface area contributed by atoms with Crippen LogP contribution in [0.1, 0.15) is 31.4 Å². The third-order valence-electron chi connectivity index (χ3n) is 6.18. The van der Waals surface area contributed by atoms with Crippen LogP contribution in [-0.2, 0) is 24.4 Å². The lowest BCUT2D eigenvalue weighted by Crippen LogP contribution is -2.46. The summed E-state index contributed by atoms with van der Waals surface area (Å²) < 4.78 is 39.7. The van der Waals surface area contributed by atoms with Gasteiger partial charge in [0.25, 0.3) is 0 Å². The second-order valence-electron chi connectivity index (χ2n) is 8.28. The molecule has 0 radical (unpaired) electrons. The first kappa shape index (κ1) is 23.7. The van der Waals surface area contributed by atoms with E-state index in [0.29, 0.717) is 44.0 Å². The maximum atomic E-state index is 13.6. The number of piperidine rings is 1. The van der Waals surface area contributed by atoms with E-state index in [-0.39, 0.29) is 18.5 Å². The quantitative estimate of drug-likeness (QED) is 0.569. The molecule has 0 amide bonds. The number of nitrogens with zero attached hydrogens (tertiary/aromatic N) is 2. The van der Waals surface area contributed by atoms with Gasteiger partial charge >= 0.3 is 5.97 Å². The molecule has 2 aliphatic heterocycles. The summed E-state index contributed by atoms with van der Waals surface area (Å²) >= 11 is 0. The number of ether oxygens (including phenoxy) is 2. The highest BCUT2D eigenvalue weighted by Crippen LogP contribution is 2.37. The lowest BCUT2D eigenvalue weighted by atomic mass is 9.98. The maximum Gasteiger partial charge on any atom is 0.309 e. The van der Waals surface area contributed by atoms with Crippen LogP contribution in [0.4, 0.5) is 0 Å². The summed E-state index contributed by atoms with van der Waals surface area (Å²) in [5.74, 6) is 0.845. The van der Waals surface area contributed by atoms with Gasteiger partial charge in [-0.2, -0.15) is 5.06 Å². The molecule has 33 heavy (non-hydrogen) atoms. The maximum absolute atomic E-state index is 13.6. The second kappa shape index (κ2) is 10.2. The Kier molecular flexibility index (Phi) is 7.33. The molecular formula is C24H30N2O6S. The monoisotopic (exact) mass is 474 g/mol. The normalized spacial score (nSPS) is 22.8. The van der Waals surface area contributed by atoms with Gasteiger partial charge in [-0.3, -0.25) is 9.63 Å². The van der Waals surface area contributed by atoms with Gasteiger partial charge in [-0.05, 0) is 49.6 Å². The molecule has 2 saturated heterocycles. The van der Waals surface area contributed by atoms with Crippen LogP contribution in [0, 0.1) is 5.92 Å². The van der Waals surface area contributed by atoms with Gasteiger partial charge in [-0.15, -0.1) is 0 Å². The molecule has 0 spiro atoms. The van der Waals surface area contributed by atoms with Crippen LogP contribution >= 0.6 is 0 Å². The van der Waals surface area contributed by atoms with Crippen molar-refractivity contribution in [2.24, 2.45) is 5.92 Å². The van der Waals surface area contributed by atoms with Gasteiger partial charge in [0.15, 0.2) is 0 Å². The first-order valence-corrected chi connectivity index (χ1v) is 12.7. The third kappa shape index (κ3) is 5.22. The van der Waals surface area contributed by atoms with E-state index >= 15 is 0 Å². The van der Waals surface area contributed by atoms with E-state index in [4.69, 9.17) is 14.3 Å². The van der Waals surface area contributed by atoms with Gasteiger partial charge in [-0.1, -0.05) is 30.3 Å². The lowest BCUT2D eigenvalue weighted by Gasteiger charge is -2.33. The highest BCUT2D eigenvalue weighted by atomic mass is 32.2. The Bertz CT molecular complexity index is 1050. The average molecular weight is 475 g/mol. The number of carbonyl (C=O) groups is 1. The van der Waals surface area contributed by atoms with E-state index in [2.05, 4.69) is 0 Å². The number of carbonyl (C=O) groups excluding carboxylic acids is 1. The van der Waals surface area contributed by atoms with Crippen molar-refractivity contribution in [3.8, 4) is 11.5 Å². The molecule has 0 bridgehead atoms. The number of esters is 1. The zero-order chi connectivity index (χ0) is 23.4. The molecule has 0 aromatic heterocycles. The Morgan fingerprint density at radius 1 is 1.06 bits per heavy atom. The predicted molar refractivity (Wildman–Crippen MR) is 123 cm³/mol. The molecule has 2 atom stereocenters. The van der Waals surface area contributed by atoms with Crippen LogP contribution in [0.25, 0.3) is 0 Å². The van der Waals surface area contributed by atoms with Crippen molar-refractivity contribution in [2.45, 2.75) is 31.1 Å².